The Morgan fingerprint density at radius 2 is 2.13 bits per heavy atom. The van der Waals surface area contributed by atoms with Gasteiger partial charge in [0.1, 0.15) is 0 Å². The lowest BCUT2D eigenvalue weighted by molar-refractivity contribution is 0.661. The molecule has 0 aliphatic rings. The number of aromatic nitrogens is 4. The van der Waals surface area contributed by atoms with Crippen molar-refractivity contribution in [2.24, 2.45) is 12.8 Å². The third kappa shape index (κ3) is 1.87. The predicted molar refractivity (Wildman–Crippen MR) is 56.0 cm³/mol. The zero-order valence-electron chi connectivity index (χ0n) is 8.75. The molecule has 5 heteroatoms. The van der Waals surface area contributed by atoms with E-state index in [1.165, 1.54) is 0 Å². The summed E-state index contributed by atoms with van der Waals surface area (Å²) in [6.45, 7) is 1.90. The van der Waals surface area contributed by atoms with Gasteiger partial charge >= 0.3 is 0 Å². The minimum Gasteiger partial charge on any atom is -0.318 e. The highest BCUT2D eigenvalue weighted by Gasteiger charge is 2.13. The van der Waals surface area contributed by atoms with Crippen LogP contribution in [0.15, 0.2) is 24.7 Å². The van der Waals surface area contributed by atoms with E-state index in [-0.39, 0.29) is 6.04 Å². The molecule has 5 nitrogen and oxygen atoms in total. The Morgan fingerprint density at radius 3 is 2.67 bits per heavy atom. The fourth-order valence-corrected chi connectivity index (χ4v) is 1.40. The molecule has 0 bridgehead atoms. The van der Waals surface area contributed by atoms with Crippen LogP contribution in [-0.4, -0.2) is 19.7 Å². The van der Waals surface area contributed by atoms with Crippen LogP contribution in [0.1, 0.15) is 23.1 Å². The second-order valence-corrected chi connectivity index (χ2v) is 3.44. The number of hydrogen-bond acceptors (Lipinski definition) is 4. The molecule has 0 saturated heterocycles. The second-order valence-electron chi connectivity index (χ2n) is 3.44. The summed E-state index contributed by atoms with van der Waals surface area (Å²) in [5.41, 5.74) is 8.61. The molecule has 15 heavy (non-hydrogen) atoms. The second kappa shape index (κ2) is 3.78. The Morgan fingerprint density at radius 1 is 1.33 bits per heavy atom. The smallest absolute Gasteiger partial charge is 0.0912 e. The van der Waals surface area contributed by atoms with Crippen LogP contribution in [0.2, 0.25) is 0 Å². The lowest BCUT2D eigenvalue weighted by atomic mass is 10.1. The van der Waals surface area contributed by atoms with Crippen molar-refractivity contribution >= 4 is 0 Å². The molecule has 0 spiro atoms. The van der Waals surface area contributed by atoms with Crippen LogP contribution in [0.5, 0.6) is 0 Å². The molecular formula is C10H13N5. The van der Waals surface area contributed by atoms with Crippen molar-refractivity contribution in [2.75, 3.05) is 0 Å². The molecule has 0 aliphatic carbocycles. The third-order valence-corrected chi connectivity index (χ3v) is 2.30. The highest BCUT2D eigenvalue weighted by Crippen LogP contribution is 2.15. The molecule has 78 valence electrons. The highest BCUT2D eigenvalue weighted by atomic mass is 15.3. The van der Waals surface area contributed by atoms with E-state index in [1.807, 2.05) is 20.0 Å². The zero-order valence-corrected chi connectivity index (χ0v) is 8.75. The number of hydrogen-bond donors (Lipinski definition) is 1. The number of rotatable bonds is 2. The molecule has 2 aromatic rings. The molecular weight excluding hydrogens is 190 g/mol. The first-order valence-corrected chi connectivity index (χ1v) is 4.70. The largest absolute Gasteiger partial charge is 0.318 e. The van der Waals surface area contributed by atoms with Gasteiger partial charge in [0.05, 0.1) is 29.3 Å². The lowest BCUT2D eigenvalue weighted by Gasteiger charge is -2.10. The molecule has 2 heterocycles. The summed E-state index contributed by atoms with van der Waals surface area (Å²) in [6, 6.07) is 1.61. The van der Waals surface area contributed by atoms with Crippen LogP contribution in [-0.2, 0) is 7.05 Å². The summed E-state index contributed by atoms with van der Waals surface area (Å²) in [7, 11) is 1.86. The Hall–Kier alpha value is -1.75. The van der Waals surface area contributed by atoms with Crippen molar-refractivity contribution in [1.29, 1.82) is 0 Å². The van der Waals surface area contributed by atoms with Gasteiger partial charge in [-0.3, -0.25) is 14.6 Å². The Labute approximate surface area is 88.0 Å². The van der Waals surface area contributed by atoms with Gasteiger partial charge < -0.3 is 5.73 Å². The maximum atomic E-state index is 6.05. The Balaban J connectivity index is 2.32. The lowest BCUT2D eigenvalue weighted by Crippen LogP contribution is -2.17. The van der Waals surface area contributed by atoms with E-state index in [0.29, 0.717) is 0 Å². The normalized spacial score (nSPS) is 12.7. The van der Waals surface area contributed by atoms with Crippen LogP contribution in [0.4, 0.5) is 0 Å². The van der Waals surface area contributed by atoms with Crippen LogP contribution in [0, 0.1) is 6.92 Å². The quantitative estimate of drug-likeness (QED) is 0.774. The van der Waals surface area contributed by atoms with E-state index in [2.05, 4.69) is 15.1 Å². The first kappa shape index (κ1) is 9.79. The maximum Gasteiger partial charge on any atom is 0.0912 e. The average molecular weight is 203 g/mol. The van der Waals surface area contributed by atoms with E-state index in [1.54, 1.807) is 23.3 Å². The molecule has 0 radical (unpaired) electrons. The molecule has 2 N–H and O–H groups in total. The fourth-order valence-electron chi connectivity index (χ4n) is 1.40. The summed E-state index contributed by atoms with van der Waals surface area (Å²) in [6.07, 6.45) is 5.13. The van der Waals surface area contributed by atoms with Crippen LogP contribution >= 0.6 is 0 Å². The van der Waals surface area contributed by atoms with E-state index < -0.39 is 0 Å². The molecule has 0 aromatic carbocycles. The van der Waals surface area contributed by atoms with Crippen molar-refractivity contribution in [3.8, 4) is 0 Å². The molecule has 0 fully saturated rings. The van der Waals surface area contributed by atoms with Gasteiger partial charge in [0.2, 0.25) is 0 Å². The highest BCUT2D eigenvalue weighted by molar-refractivity contribution is 5.18. The molecule has 2 rings (SSSR count). The number of nitrogens with two attached hydrogens (primary N) is 1. The van der Waals surface area contributed by atoms with Gasteiger partial charge in [0.25, 0.3) is 0 Å². The van der Waals surface area contributed by atoms with Gasteiger partial charge in [0, 0.05) is 19.4 Å². The van der Waals surface area contributed by atoms with Crippen LogP contribution in [0.25, 0.3) is 0 Å². The zero-order chi connectivity index (χ0) is 10.8. The minimum atomic E-state index is -0.273. The monoisotopic (exact) mass is 203 g/mol. The maximum absolute atomic E-state index is 6.05. The summed E-state index contributed by atoms with van der Waals surface area (Å²) < 4.78 is 1.74. The molecule has 0 aliphatic heterocycles. The van der Waals surface area contributed by atoms with Crippen LogP contribution in [0.3, 0.4) is 0 Å². The number of nitrogens with zero attached hydrogens (tertiary/aromatic N) is 4. The van der Waals surface area contributed by atoms with Crippen molar-refractivity contribution in [1.82, 2.24) is 19.7 Å². The minimum absolute atomic E-state index is 0.273. The van der Waals surface area contributed by atoms with Gasteiger partial charge in [0.15, 0.2) is 0 Å². The first-order chi connectivity index (χ1) is 7.18. The van der Waals surface area contributed by atoms with Crippen molar-refractivity contribution in [3.63, 3.8) is 0 Å². The molecule has 0 saturated carbocycles. The van der Waals surface area contributed by atoms with Gasteiger partial charge in [-0.1, -0.05) is 0 Å². The predicted octanol–water partition coefficient (Wildman–Crippen LogP) is 0.567. The summed E-state index contributed by atoms with van der Waals surface area (Å²) >= 11 is 0. The molecule has 1 unspecified atom stereocenters. The van der Waals surface area contributed by atoms with E-state index in [9.17, 15) is 0 Å². The summed E-state index contributed by atoms with van der Waals surface area (Å²) in [4.78, 5) is 8.41. The van der Waals surface area contributed by atoms with Crippen molar-refractivity contribution < 1.29 is 0 Å². The third-order valence-electron chi connectivity index (χ3n) is 2.30. The van der Waals surface area contributed by atoms with E-state index in [4.69, 9.17) is 5.73 Å². The SMILES string of the molecule is Cc1cnc(C(N)c2ccnn2C)cn1. The van der Waals surface area contributed by atoms with Gasteiger partial charge in [-0.05, 0) is 13.0 Å². The van der Waals surface area contributed by atoms with Gasteiger partial charge in [-0.15, -0.1) is 0 Å². The molecule has 1 atom stereocenters. The summed E-state index contributed by atoms with van der Waals surface area (Å²) in [5, 5.41) is 4.07. The first-order valence-electron chi connectivity index (χ1n) is 4.70. The standard InChI is InChI=1S/C10H13N5/c1-7-5-13-8(6-12-7)10(11)9-3-4-14-15(9)2/h3-6,10H,11H2,1-2H3. The summed E-state index contributed by atoms with van der Waals surface area (Å²) in [5.74, 6) is 0. The van der Waals surface area contributed by atoms with Gasteiger partial charge in [-0.2, -0.15) is 5.10 Å². The van der Waals surface area contributed by atoms with E-state index in [0.717, 1.165) is 17.1 Å². The molecule has 2 aromatic heterocycles. The van der Waals surface area contributed by atoms with E-state index >= 15 is 0 Å². The van der Waals surface area contributed by atoms with Crippen molar-refractivity contribution in [2.45, 2.75) is 13.0 Å². The van der Waals surface area contributed by atoms with Crippen molar-refractivity contribution in [3.05, 3.63) is 41.7 Å². The Bertz CT molecular complexity index is 445. The number of aryl methyl sites for hydroxylation is 2. The average Bonchev–Trinajstić information content (AvgIpc) is 2.65. The topological polar surface area (TPSA) is 69.6 Å². The van der Waals surface area contributed by atoms with Gasteiger partial charge in [-0.25, -0.2) is 0 Å². The fraction of sp³-hybridized carbons (Fsp3) is 0.300. The molecule has 0 amide bonds. The van der Waals surface area contributed by atoms with Crippen LogP contribution < -0.4 is 5.73 Å². The Kier molecular flexibility index (Phi) is 2.47.